The number of amides is 1. The van der Waals surface area contributed by atoms with Gasteiger partial charge in [0.2, 0.25) is 15.9 Å². The molecule has 3 aromatic rings. The first-order valence-electron chi connectivity index (χ1n) is 11.7. The predicted octanol–water partition coefficient (Wildman–Crippen LogP) is 3.12. The van der Waals surface area contributed by atoms with Crippen LogP contribution in [0.4, 0.5) is 0 Å². The molecule has 4 rings (SSSR count). The summed E-state index contributed by atoms with van der Waals surface area (Å²) >= 11 is 0. The minimum Gasteiger partial charge on any atom is -0.492 e. The van der Waals surface area contributed by atoms with E-state index in [-0.39, 0.29) is 17.3 Å². The lowest BCUT2D eigenvalue weighted by atomic mass is 10.1. The highest BCUT2D eigenvalue weighted by Crippen LogP contribution is 2.19. The van der Waals surface area contributed by atoms with Crippen molar-refractivity contribution in [1.29, 1.82) is 0 Å². The molecule has 0 saturated carbocycles. The van der Waals surface area contributed by atoms with Gasteiger partial charge in [-0.15, -0.1) is 0 Å². The molecule has 1 fully saturated rings. The Morgan fingerprint density at radius 3 is 2.35 bits per heavy atom. The fourth-order valence-electron chi connectivity index (χ4n) is 4.05. The molecule has 1 heterocycles. The number of hydrogen-bond acceptors (Lipinski definition) is 5. The van der Waals surface area contributed by atoms with Crippen molar-refractivity contribution in [3.63, 3.8) is 0 Å². The number of sulfonamides is 1. The van der Waals surface area contributed by atoms with Gasteiger partial charge in [-0.3, -0.25) is 9.69 Å². The highest BCUT2D eigenvalue weighted by atomic mass is 32.2. The number of fused-ring (bicyclic) bond motifs is 1. The molecule has 7 nitrogen and oxygen atoms in total. The first-order chi connectivity index (χ1) is 16.5. The summed E-state index contributed by atoms with van der Waals surface area (Å²) < 4.78 is 33.6. The predicted molar refractivity (Wildman–Crippen MR) is 133 cm³/mol. The largest absolute Gasteiger partial charge is 0.492 e. The van der Waals surface area contributed by atoms with Crippen LogP contribution in [0.25, 0.3) is 10.8 Å². The third-order valence-electron chi connectivity index (χ3n) is 6.04. The van der Waals surface area contributed by atoms with E-state index in [0.29, 0.717) is 32.5 Å². The van der Waals surface area contributed by atoms with Crippen molar-refractivity contribution in [3.8, 4) is 5.75 Å². The number of nitrogens with one attached hydrogen (secondary N) is 1. The number of carbonyl (C=O) groups excluding carboxylic acids is 1. The summed E-state index contributed by atoms with van der Waals surface area (Å²) in [5.74, 6) is 0.942. The van der Waals surface area contributed by atoms with Gasteiger partial charge in [-0.05, 0) is 41.5 Å². The smallest absolute Gasteiger partial charge is 0.240 e. The van der Waals surface area contributed by atoms with Crippen LogP contribution in [0.15, 0.2) is 77.7 Å². The Kier molecular flexibility index (Phi) is 8.16. The molecule has 0 spiro atoms. The Hall–Kier alpha value is -2.94. The number of carbonyl (C=O) groups is 1. The highest BCUT2D eigenvalue weighted by molar-refractivity contribution is 7.89. The topological polar surface area (TPSA) is 79.0 Å². The molecule has 0 atom stereocenters. The molecule has 1 N–H and O–H groups in total. The lowest BCUT2D eigenvalue weighted by Gasteiger charge is -2.34. The molecule has 1 aliphatic rings. The van der Waals surface area contributed by atoms with Crippen LogP contribution in [-0.4, -0.2) is 70.0 Å². The molecule has 1 saturated heterocycles. The molecule has 0 bridgehead atoms. The number of piperazine rings is 1. The van der Waals surface area contributed by atoms with E-state index in [2.05, 4.69) is 9.62 Å². The average molecular weight is 482 g/mol. The molecule has 0 aromatic heterocycles. The lowest BCUT2D eigenvalue weighted by molar-refractivity contribution is -0.133. The van der Waals surface area contributed by atoms with E-state index in [1.165, 1.54) is 0 Å². The maximum atomic E-state index is 12.6. The zero-order valence-electron chi connectivity index (χ0n) is 19.2. The molecule has 0 aliphatic carbocycles. The molecule has 180 valence electrons. The van der Waals surface area contributed by atoms with Gasteiger partial charge in [-0.2, -0.15) is 0 Å². The monoisotopic (exact) mass is 481 g/mol. The van der Waals surface area contributed by atoms with Crippen LogP contribution in [0.3, 0.4) is 0 Å². The molecule has 34 heavy (non-hydrogen) atoms. The van der Waals surface area contributed by atoms with Gasteiger partial charge in [0.15, 0.2) is 0 Å². The molecule has 1 aliphatic heterocycles. The van der Waals surface area contributed by atoms with Crippen LogP contribution in [0, 0.1) is 0 Å². The molecular formula is C26H31N3O4S. The molecule has 1 amide bonds. The SMILES string of the molecule is O=C(CCCNS(=O)(=O)c1ccc2ccccc2c1)N1CCN(CCOc2ccccc2)CC1. The maximum absolute atomic E-state index is 12.6. The van der Waals surface area contributed by atoms with Crippen LogP contribution in [0.1, 0.15) is 12.8 Å². The van der Waals surface area contributed by atoms with Gasteiger partial charge in [0.05, 0.1) is 4.90 Å². The summed E-state index contributed by atoms with van der Waals surface area (Å²) in [6, 6.07) is 22.5. The standard InChI is InChI=1S/C26H31N3O4S/c30-26(29-17-15-28(16-18-29)19-20-33-24-9-2-1-3-10-24)11-6-14-27-34(31,32)25-13-12-22-7-4-5-8-23(22)21-25/h1-5,7-10,12-13,21,27H,6,11,14-20H2. The van der Waals surface area contributed by atoms with Crippen LogP contribution in [0.2, 0.25) is 0 Å². The minimum atomic E-state index is -3.60. The second-order valence-electron chi connectivity index (χ2n) is 8.39. The molecule has 0 radical (unpaired) electrons. The van der Waals surface area contributed by atoms with E-state index < -0.39 is 10.0 Å². The lowest BCUT2D eigenvalue weighted by Crippen LogP contribution is -2.49. The zero-order chi connectivity index (χ0) is 23.8. The Balaban J connectivity index is 1.14. The van der Waals surface area contributed by atoms with E-state index in [0.717, 1.165) is 36.2 Å². The zero-order valence-corrected chi connectivity index (χ0v) is 20.0. The molecule has 8 heteroatoms. The molecular weight excluding hydrogens is 450 g/mol. The number of nitrogens with zero attached hydrogens (tertiary/aromatic N) is 2. The third kappa shape index (κ3) is 6.56. The van der Waals surface area contributed by atoms with E-state index in [9.17, 15) is 13.2 Å². The number of hydrogen-bond donors (Lipinski definition) is 1. The quantitative estimate of drug-likeness (QED) is 0.450. The highest BCUT2D eigenvalue weighted by Gasteiger charge is 2.21. The van der Waals surface area contributed by atoms with Gasteiger partial charge >= 0.3 is 0 Å². The van der Waals surface area contributed by atoms with Crippen molar-refractivity contribution in [2.75, 3.05) is 45.9 Å². The number of rotatable bonds is 10. The minimum absolute atomic E-state index is 0.0742. The number of benzene rings is 3. The summed E-state index contributed by atoms with van der Waals surface area (Å²) in [5.41, 5.74) is 0. The Morgan fingerprint density at radius 1 is 0.882 bits per heavy atom. The van der Waals surface area contributed by atoms with E-state index in [1.54, 1.807) is 18.2 Å². The second kappa shape index (κ2) is 11.5. The first-order valence-corrected chi connectivity index (χ1v) is 13.2. The first kappa shape index (κ1) is 24.2. The van der Waals surface area contributed by atoms with E-state index >= 15 is 0 Å². The summed E-state index contributed by atoms with van der Waals surface area (Å²) in [4.78, 5) is 17.0. The summed E-state index contributed by atoms with van der Waals surface area (Å²) in [6.07, 6.45) is 0.800. The van der Waals surface area contributed by atoms with Gasteiger partial charge in [0, 0.05) is 45.7 Å². The summed E-state index contributed by atoms with van der Waals surface area (Å²) in [5, 5.41) is 1.88. The third-order valence-corrected chi connectivity index (χ3v) is 7.49. The van der Waals surface area contributed by atoms with Crippen LogP contribution < -0.4 is 9.46 Å². The Labute approximate surface area is 201 Å². The average Bonchev–Trinajstić information content (AvgIpc) is 2.87. The van der Waals surface area contributed by atoms with Gasteiger partial charge in [-0.1, -0.05) is 48.5 Å². The van der Waals surface area contributed by atoms with Gasteiger partial charge < -0.3 is 9.64 Å². The van der Waals surface area contributed by atoms with Crippen LogP contribution in [0.5, 0.6) is 5.75 Å². The Morgan fingerprint density at radius 2 is 1.59 bits per heavy atom. The van der Waals surface area contributed by atoms with E-state index in [1.807, 2.05) is 59.5 Å². The van der Waals surface area contributed by atoms with Crippen molar-refractivity contribution in [2.24, 2.45) is 0 Å². The van der Waals surface area contributed by atoms with Crippen molar-refractivity contribution >= 4 is 26.7 Å². The fourth-order valence-corrected chi connectivity index (χ4v) is 5.16. The van der Waals surface area contributed by atoms with Crippen LogP contribution >= 0.6 is 0 Å². The van der Waals surface area contributed by atoms with Crippen molar-refractivity contribution in [3.05, 3.63) is 72.8 Å². The van der Waals surface area contributed by atoms with Crippen LogP contribution in [-0.2, 0) is 14.8 Å². The Bertz CT molecular complexity index is 1190. The van der Waals surface area contributed by atoms with Crippen molar-refractivity contribution in [1.82, 2.24) is 14.5 Å². The fraction of sp³-hybridized carbons (Fsp3) is 0.346. The normalized spacial score (nSPS) is 14.9. The summed E-state index contributed by atoms with van der Waals surface area (Å²) in [6.45, 7) is 4.69. The molecule has 0 unspecified atom stereocenters. The van der Waals surface area contributed by atoms with Gasteiger partial charge in [0.25, 0.3) is 0 Å². The van der Waals surface area contributed by atoms with Gasteiger partial charge in [-0.25, -0.2) is 13.1 Å². The number of para-hydroxylation sites is 1. The second-order valence-corrected chi connectivity index (χ2v) is 10.2. The van der Waals surface area contributed by atoms with Crippen molar-refractivity contribution in [2.45, 2.75) is 17.7 Å². The van der Waals surface area contributed by atoms with Crippen molar-refractivity contribution < 1.29 is 17.9 Å². The summed E-state index contributed by atoms with van der Waals surface area (Å²) in [7, 11) is -3.60. The van der Waals surface area contributed by atoms with Gasteiger partial charge in [0.1, 0.15) is 12.4 Å². The maximum Gasteiger partial charge on any atom is 0.240 e. The molecule has 3 aromatic carbocycles. The van der Waals surface area contributed by atoms with E-state index in [4.69, 9.17) is 4.74 Å². The number of ether oxygens (including phenoxy) is 1.